The van der Waals surface area contributed by atoms with Crippen molar-refractivity contribution in [3.05, 3.63) is 71.1 Å². The Hall–Kier alpha value is -3.02. The summed E-state index contributed by atoms with van der Waals surface area (Å²) in [6, 6.07) is 11.7. The van der Waals surface area contributed by atoms with Gasteiger partial charge in [-0.15, -0.1) is 0 Å². The summed E-state index contributed by atoms with van der Waals surface area (Å²) in [5, 5.41) is 6.56. The number of aryl methyl sites for hydroxylation is 3. The van der Waals surface area contributed by atoms with Crippen LogP contribution in [0.3, 0.4) is 0 Å². The van der Waals surface area contributed by atoms with Crippen LogP contribution in [0.2, 0.25) is 0 Å². The zero-order valence-electron chi connectivity index (χ0n) is 14.1. The summed E-state index contributed by atoms with van der Waals surface area (Å²) >= 11 is 0. The lowest BCUT2D eigenvalue weighted by Gasteiger charge is -2.12. The summed E-state index contributed by atoms with van der Waals surface area (Å²) in [6.07, 6.45) is 0. The van der Waals surface area contributed by atoms with Crippen LogP contribution in [-0.4, -0.2) is 15.7 Å². The van der Waals surface area contributed by atoms with Gasteiger partial charge in [0.15, 0.2) is 0 Å². The molecule has 3 aromatic rings. The van der Waals surface area contributed by atoms with Crippen LogP contribution in [0, 0.1) is 25.6 Å². The number of hydrogen-bond acceptors (Lipinski definition) is 2. The van der Waals surface area contributed by atoms with Crippen molar-refractivity contribution in [2.75, 3.05) is 5.32 Å². The molecule has 0 saturated carbocycles. The number of anilines is 1. The number of rotatable bonds is 3. The molecule has 0 aliphatic carbocycles. The SMILES string of the molecule is Cc1ccc(-c2ccccc2NC(=O)c2c(C)nn(C)c2F)c(F)c1. The number of carbonyl (C=O) groups is 1. The fourth-order valence-electron chi connectivity index (χ4n) is 2.74. The summed E-state index contributed by atoms with van der Waals surface area (Å²) in [7, 11) is 1.43. The number of para-hydroxylation sites is 1. The molecule has 128 valence electrons. The van der Waals surface area contributed by atoms with Crippen molar-refractivity contribution in [1.29, 1.82) is 0 Å². The molecule has 0 saturated heterocycles. The van der Waals surface area contributed by atoms with Crippen LogP contribution >= 0.6 is 0 Å². The Morgan fingerprint density at radius 3 is 2.44 bits per heavy atom. The standard InChI is InChI=1S/C19H17F2N3O/c1-11-8-9-13(15(20)10-11)14-6-4-5-7-16(14)22-19(25)17-12(2)23-24(3)18(17)21/h4-10H,1-3H3,(H,22,25). The third-order valence-electron chi connectivity index (χ3n) is 3.97. The van der Waals surface area contributed by atoms with E-state index in [2.05, 4.69) is 10.4 Å². The lowest BCUT2D eigenvalue weighted by Crippen LogP contribution is -2.15. The molecule has 25 heavy (non-hydrogen) atoms. The smallest absolute Gasteiger partial charge is 0.262 e. The lowest BCUT2D eigenvalue weighted by atomic mass is 10.0. The van der Waals surface area contributed by atoms with Gasteiger partial charge < -0.3 is 5.32 Å². The van der Waals surface area contributed by atoms with Crippen LogP contribution in [0.4, 0.5) is 14.5 Å². The van der Waals surface area contributed by atoms with Crippen LogP contribution in [0.25, 0.3) is 11.1 Å². The molecule has 3 rings (SSSR count). The Labute approximate surface area is 144 Å². The first-order valence-electron chi connectivity index (χ1n) is 7.74. The molecule has 2 aromatic carbocycles. The predicted octanol–water partition coefficient (Wildman–Crippen LogP) is 4.23. The van der Waals surface area contributed by atoms with Gasteiger partial charge >= 0.3 is 0 Å². The van der Waals surface area contributed by atoms with Gasteiger partial charge in [0.05, 0.1) is 5.69 Å². The molecule has 0 unspecified atom stereocenters. The maximum absolute atomic E-state index is 14.3. The molecular weight excluding hydrogens is 324 g/mol. The van der Waals surface area contributed by atoms with Gasteiger partial charge in [-0.25, -0.2) is 9.07 Å². The molecule has 1 amide bonds. The molecule has 0 bridgehead atoms. The quantitative estimate of drug-likeness (QED) is 0.775. The molecule has 0 aliphatic heterocycles. The van der Waals surface area contributed by atoms with Crippen LogP contribution in [-0.2, 0) is 7.05 Å². The number of carbonyl (C=O) groups excluding carboxylic acids is 1. The van der Waals surface area contributed by atoms with Crippen LogP contribution < -0.4 is 5.32 Å². The maximum Gasteiger partial charge on any atom is 0.262 e. The number of nitrogens with zero attached hydrogens (tertiary/aromatic N) is 2. The van der Waals surface area contributed by atoms with E-state index in [1.54, 1.807) is 50.2 Å². The minimum atomic E-state index is -0.714. The van der Waals surface area contributed by atoms with Crippen molar-refractivity contribution in [2.45, 2.75) is 13.8 Å². The first-order chi connectivity index (χ1) is 11.9. The zero-order chi connectivity index (χ0) is 18.1. The van der Waals surface area contributed by atoms with Gasteiger partial charge in [0.2, 0.25) is 5.95 Å². The van der Waals surface area contributed by atoms with Crippen LogP contribution in [0.5, 0.6) is 0 Å². The van der Waals surface area contributed by atoms with E-state index < -0.39 is 11.9 Å². The third kappa shape index (κ3) is 3.15. The van der Waals surface area contributed by atoms with E-state index in [9.17, 15) is 13.6 Å². The van der Waals surface area contributed by atoms with Crippen molar-refractivity contribution >= 4 is 11.6 Å². The molecule has 1 heterocycles. The number of nitrogens with one attached hydrogen (secondary N) is 1. The number of amides is 1. The minimum absolute atomic E-state index is 0.123. The zero-order valence-corrected chi connectivity index (χ0v) is 14.1. The molecule has 0 aliphatic rings. The van der Waals surface area contributed by atoms with E-state index in [1.165, 1.54) is 13.1 Å². The minimum Gasteiger partial charge on any atom is -0.321 e. The predicted molar refractivity (Wildman–Crippen MR) is 92.4 cm³/mol. The van der Waals surface area contributed by atoms with Gasteiger partial charge in [-0.1, -0.05) is 30.3 Å². The highest BCUT2D eigenvalue weighted by Gasteiger charge is 2.21. The monoisotopic (exact) mass is 341 g/mol. The highest BCUT2D eigenvalue weighted by molar-refractivity contribution is 6.07. The Kier molecular flexibility index (Phi) is 4.35. The van der Waals surface area contributed by atoms with Gasteiger partial charge in [-0.05, 0) is 31.5 Å². The van der Waals surface area contributed by atoms with E-state index in [1.807, 2.05) is 0 Å². The number of benzene rings is 2. The van der Waals surface area contributed by atoms with Crippen molar-refractivity contribution in [3.63, 3.8) is 0 Å². The molecule has 0 radical (unpaired) electrons. The van der Waals surface area contributed by atoms with Gasteiger partial charge in [-0.2, -0.15) is 9.49 Å². The van der Waals surface area contributed by atoms with Gasteiger partial charge in [-0.3, -0.25) is 4.79 Å². The van der Waals surface area contributed by atoms with Crippen molar-refractivity contribution in [3.8, 4) is 11.1 Å². The van der Waals surface area contributed by atoms with E-state index in [0.29, 0.717) is 16.8 Å². The number of hydrogen-bond donors (Lipinski definition) is 1. The average Bonchev–Trinajstić information content (AvgIpc) is 2.81. The average molecular weight is 341 g/mol. The normalized spacial score (nSPS) is 10.8. The highest BCUT2D eigenvalue weighted by Crippen LogP contribution is 2.31. The fraction of sp³-hybridized carbons (Fsp3) is 0.158. The van der Waals surface area contributed by atoms with Crippen molar-refractivity contribution in [2.24, 2.45) is 7.05 Å². The number of aromatic nitrogens is 2. The second kappa shape index (κ2) is 6.47. The first kappa shape index (κ1) is 16.8. The third-order valence-corrected chi connectivity index (χ3v) is 3.97. The largest absolute Gasteiger partial charge is 0.321 e. The summed E-state index contributed by atoms with van der Waals surface area (Å²) < 4.78 is 29.4. The molecular formula is C19H17F2N3O. The highest BCUT2D eigenvalue weighted by atomic mass is 19.1. The van der Waals surface area contributed by atoms with Crippen molar-refractivity contribution in [1.82, 2.24) is 9.78 Å². The second-order valence-electron chi connectivity index (χ2n) is 5.86. The molecule has 0 atom stereocenters. The van der Waals surface area contributed by atoms with E-state index in [-0.39, 0.29) is 17.1 Å². The van der Waals surface area contributed by atoms with Crippen LogP contribution in [0.1, 0.15) is 21.6 Å². The fourth-order valence-corrected chi connectivity index (χ4v) is 2.74. The molecule has 4 nitrogen and oxygen atoms in total. The Morgan fingerprint density at radius 2 is 1.80 bits per heavy atom. The Bertz CT molecular complexity index is 963. The molecule has 0 fully saturated rings. The lowest BCUT2D eigenvalue weighted by molar-refractivity contribution is 0.102. The summed E-state index contributed by atoms with van der Waals surface area (Å²) in [5.41, 5.74) is 2.26. The molecule has 0 spiro atoms. The van der Waals surface area contributed by atoms with Gasteiger partial charge in [0.1, 0.15) is 11.4 Å². The van der Waals surface area contributed by atoms with Gasteiger partial charge in [0.25, 0.3) is 5.91 Å². The Balaban J connectivity index is 2.00. The Morgan fingerprint density at radius 1 is 1.08 bits per heavy atom. The second-order valence-corrected chi connectivity index (χ2v) is 5.86. The van der Waals surface area contributed by atoms with E-state index in [0.717, 1.165) is 10.2 Å². The maximum atomic E-state index is 14.3. The van der Waals surface area contributed by atoms with Crippen molar-refractivity contribution < 1.29 is 13.6 Å². The first-order valence-corrected chi connectivity index (χ1v) is 7.74. The topological polar surface area (TPSA) is 46.9 Å². The molecule has 1 N–H and O–H groups in total. The van der Waals surface area contributed by atoms with Gasteiger partial charge in [0, 0.05) is 23.9 Å². The number of halogens is 2. The summed E-state index contributed by atoms with van der Waals surface area (Å²) in [6.45, 7) is 3.36. The van der Waals surface area contributed by atoms with E-state index >= 15 is 0 Å². The molecule has 1 aromatic heterocycles. The van der Waals surface area contributed by atoms with E-state index in [4.69, 9.17) is 0 Å². The van der Waals surface area contributed by atoms with Crippen LogP contribution in [0.15, 0.2) is 42.5 Å². The summed E-state index contributed by atoms with van der Waals surface area (Å²) in [5.74, 6) is -1.72. The molecule has 6 heteroatoms. The summed E-state index contributed by atoms with van der Waals surface area (Å²) in [4.78, 5) is 12.5.